The Morgan fingerprint density at radius 2 is 1.07 bits per heavy atom. The molecule has 0 aromatic carbocycles. The lowest BCUT2D eigenvalue weighted by Crippen LogP contribution is -2.22. The van der Waals surface area contributed by atoms with Crippen LogP contribution in [-0.2, 0) is 4.79 Å². The van der Waals surface area contributed by atoms with Crippen molar-refractivity contribution in [2.24, 2.45) is 11.3 Å². The van der Waals surface area contributed by atoms with Crippen LogP contribution in [0.3, 0.4) is 0 Å². The molecule has 0 aromatic rings. The zero-order valence-electron chi connectivity index (χ0n) is 19.8. The van der Waals surface area contributed by atoms with E-state index in [1.165, 1.54) is 116 Å². The molecule has 1 aliphatic rings. The fourth-order valence-corrected chi connectivity index (χ4v) is 4.78. The largest absolute Gasteiger partial charge is 0.300 e. The van der Waals surface area contributed by atoms with Gasteiger partial charge in [0.1, 0.15) is 5.78 Å². The Kier molecular flexibility index (Phi) is 15.1. The van der Waals surface area contributed by atoms with E-state index in [9.17, 15) is 4.79 Å². The lowest BCUT2D eigenvalue weighted by atomic mass is 9.72. The molecule has 0 saturated heterocycles. The summed E-state index contributed by atoms with van der Waals surface area (Å²) in [5.41, 5.74) is 0.522. The van der Waals surface area contributed by atoms with Gasteiger partial charge in [0, 0.05) is 12.8 Å². The van der Waals surface area contributed by atoms with Gasteiger partial charge in [-0.15, -0.1) is 0 Å². The molecule has 1 aliphatic carbocycles. The van der Waals surface area contributed by atoms with Crippen LogP contribution in [0.4, 0.5) is 0 Å². The van der Waals surface area contributed by atoms with Gasteiger partial charge in [0.25, 0.3) is 0 Å². The lowest BCUT2D eigenvalue weighted by molar-refractivity contribution is -0.120. The van der Waals surface area contributed by atoms with E-state index in [1.54, 1.807) is 0 Å². The predicted molar refractivity (Wildman–Crippen MR) is 125 cm³/mol. The summed E-state index contributed by atoms with van der Waals surface area (Å²) in [4.78, 5) is 12.2. The Hall–Kier alpha value is -0.330. The molecule has 1 fully saturated rings. The minimum absolute atomic E-state index is 0.522. The van der Waals surface area contributed by atoms with Gasteiger partial charge in [0.05, 0.1) is 0 Å². The number of carbonyl (C=O) groups excluding carboxylic acids is 1. The van der Waals surface area contributed by atoms with Gasteiger partial charge < -0.3 is 0 Å². The summed E-state index contributed by atoms with van der Waals surface area (Å²) in [5, 5.41) is 0. The molecule has 0 aromatic heterocycles. The van der Waals surface area contributed by atoms with Crippen LogP contribution in [0.2, 0.25) is 0 Å². The second-order valence-corrected chi connectivity index (χ2v) is 10.6. The minimum Gasteiger partial charge on any atom is -0.300 e. The van der Waals surface area contributed by atoms with Crippen LogP contribution >= 0.6 is 0 Å². The molecule has 0 N–H and O–H groups in total. The van der Waals surface area contributed by atoms with Crippen LogP contribution in [0.5, 0.6) is 0 Å². The van der Waals surface area contributed by atoms with Crippen molar-refractivity contribution in [3.05, 3.63) is 0 Å². The monoisotopic (exact) mass is 392 g/mol. The molecule has 1 rings (SSSR count). The molecule has 1 heteroatoms. The van der Waals surface area contributed by atoms with Crippen LogP contribution in [0.15, 0.2) is 0 Å². The average Bonchev–Trinajstić information content (AvgIpc) is 2.66. The molecule has 0 bridgehead atoms. The third-order valence-electron chi connectivity index (χ3n) is 7.03. The molecule has 0 atom stereocenters. The zero-order chi connectivity index (χ0) is 20.5. The molecule has 28 heavy (non-hydrogen) atoms. The Labute approximate surface area is 177 Å². The highest BCUT2D eigenvalue weighted by molar-refractivity contribution is 5.78. The maximum atomic E-state index is 12.2. The SMILES string of the molecule is CCCCCCCCCCCCCCCCCC(=O)CC1CCC(C)(C)CC1. The lowest BCUT2D eigenvalue weighted by Gasteiger charge is -2.34. The van der Waals surface area contributed by atoms with Crippen LogP contribution < -0.4 is 0 Å². The van der Waals surface area contributed by atoms with E-state index in [0.717, 1.165) is 19.3 Å². The Morgan fingerprint density at radius 1 is 0.679 bits per heavy atom. The van der Waals surface area contributed by atoms with Crippen molar-refractivity contribution >= 4 is 5.78 Å². The molecular weight excluding hydrogens is 340 g/mol. The van der Waals surface area contributed by atoms with E-state index in [0.29, 0.717) is 17.1 Å². The third kappa shape index (κ3) is 14.6. The normalized spacial score (nSPS) is 17.1. The van der Waals surface area contributed by atoms with Crippen LogP contribution in [0.25, 0.3) is 0 Å². The molecule has 0 spiro atoms. The highest BCUT2D eigenvalue weighted by Gasteiger charge is 2.27. The second-order valence-electron chi connectivity index (χ2n) is 10.6. The molecule has 0 aliphatic heterocycles. The van der Waals surface area contributed by atoms with Gasteiger partial charge in [0.2, 0.25) is 0 Å². The van der Waals surface area contributed by atoms with Gasteiger partial charge in [-0.2, -0.15) is 0 Å². The quantitative estimate of drug-likeness (QED) is 0.212. The summed E-state index contributed by atoms with van der Waals surface area (Å²) in [6.07, 6.45) is 27.7. The van der Waals surface area contributed by atoms with Crippen LogP contribution in [-0.4, -0.2) is 5.78 Å². The molecular formula is C27H52O. The maximum Gasteiger partial charge on any atom is 0.133 e. The zero-order valence-corrected chi connectivity index (χ0v) is 19.8. The first-order valence-electron chi connectivity index (χ1n) is 13.1. The van der Waals surface area contributed by atoms with Gasteiger partial charge in [-0.1, -0.05) is 111 Å². The maximum absolute atomic E-state index is 12.2. The van der Waals surface area contributed by atoms with Crippen molar-refractivity contribution in [3.8, 4) is 0 Å². The topological polar surface area (TPSA) is 17.1 Å². The standard InChI is InChI=1S/C27H52O/c1-4-5-6-7-8-9-10-11-12-13-14-15-16-17-18-19-26(28)24-25-20-22-27(2,3)23-21-25/h25H,4-24H2,1-3H3. The smallest absolute Gasteiger partial charge is 0.133 e. The van der Waals surface area contributed by atoms with Crippen LogP contribution in [0, 0.1) is 11.3 Å². The summed E-state index contributed by atoms with van der Waals surface area (Å²) in [5.74, 6) is 1.23. The van der Waals surface area contributed by atoms with Crippen molar-refractivity contribution in [1.29, 1.82) is 0 Å². The average molecular weight is 393 g/mol. The Balaban J connectivity index is 1.79. The number of hydrogen-bond donors (Lipinski definition) is 0. The number of hydrogen-bond acceptors (Lipinski definition) is 1. The van der Waals surface area contributed by atoms with Crippen molar-refractivity contribution in [2.45, 2.75) is 156 Å². The number of carbonyl (C=O) groups is 1. The van der Waals surface area contributed by atoms with E-state index in [-0.39, 0.29) is 0 Å². The second kappa shape index (κ2) is 16.5. The first-order valence-corrected chi connectivity index (χ1v) is 13.1. The molecule has 0 radical (unpaired) electrons. The fraction of sp³-hybridized carbons (Fsp3) is 0.963. The van der Waals surface area contributed by atoms with E-state index in [4.69, 9.17) is 0 Å². The van der Waals surface area contributed by atoms with Crippen molar-refractivity contribution < 1.29 is 4.79 Å². The van der Waals surface area contributed by atoms with Gasteiger partial charge in [-0.25, -0.2) is 0 Å². The van der Waals surface area contributed by atoms with E-state index in [1.807, 2.05) is 0 Å². The third-order valence-corrected chi connectivity index (χ3v) is 7.03. The van der Waals surface area contributed by atoms with Gasteiger partial charge in [-0.05, 0) is 43.4 Å². The van der Waals surface area contributed by atoms with Crippen molar-refractivity contribution in [3.63, 3.8) is 0 Å². The van der Waals surface area contributed by atoms with Gasteiger partial charge >= 0.3 is 0 Å². The number of ketones is 1. The summed E-state index contributed by atoms with van der Waals surface area (Å²) in [7, 11) is 0. The molecule has 1 nitrogen and oxygen atoms in total. The Morgan fingerprint density at radius 3 is 1.50 bits per heavy atom. The molecule has 0 amide bonds. The van der Waals surface area contributed by atoms with E-state index < -0.39 is 0 Å². The first-order chi connectivity index (χ1) is 13.5. The summed E-state index contributed by atoms with van der Waals surface area (Å²) in [6, 6.07) is 0. The molecule has 0 heterocycles. The molecule has 1 saturated carbocycles. The number of unbranched alkanes of at least 4 members (excludes halogenated alkanes) is 14. The first kappa shape index (κ1) is 25.7. The van der Waals surface area contributed by atoms with Crippen LogP contribution in [0.1, 0.15) is 156 Å². The predicted octanol–water partition coefficient (Wildman–Crippen LogP) is 9.42. The number of rotatable bonds is 18. The summed E-state index contributed by atoms with van der Waals surface area (Å²) >= 11 is 0. The van der Waals surface area contributed by atoms with Gasteiger partial charge in [0.15, 0.2) is 0 Å². The highest BCUT2D eigenvalue weighted by atomic mass is 16.1. The fourth-order valence-electron chi connectivity index (χ4n) is 4.78. The number of Topliss-reactive ketones (excluding diaryl/α,β-unsaturated/α-hetero) is 1. The van der Waals surface area contributed by atoms with Crippen molar-refractivity contribution in [2.75, 3.05) is 0 Å². The summed E-state index contributed by atoms with van der Waals surface area (Å²) < 4.78 is 0. The summed E-state index contributed by atoms with van der Waals surface area (Å²) in [6.45, 7) is 7.04. The van der Waals surface area contributed by atoms with Gasteiger partial charge in [-0.3, -0.25) is 4.79 Å². The van der Waals surface area contributed by atoms with E-state index >= 15 is 0 Å². The molecule has 166 valence electrons. The molecule has 0 unspecified atom stereocenters. The minimum atomic E-state index is 0.522. The highest BCUT2D eigenvalue weighted by Crippen LogP contribution is 2.39. The van der Waals surface area contributed by atoms with E-state index in [2.05, 4.69) is 20.8 Å². The Bertz CT molecular complexity index is 360. The van der Waals surface area contributed by atoms with Crippen molar-refractivity contribution in [1.82, 2.24) is 0 Å².